The Morgan fingerprint density at radius 2 is 2.05 bits per heavy atom. The second-order valence-electron chi connectivity index (χ2n) is 5.65. The summed E-state index contributed by atoms with van der Waals surface area (Å²) in [6.07, 6.45) is 5.00. The zero-order valence-corrected chi connectivity index (χ0v) is 11.9. The molecule has 0 saturated carbocycles. The molecular formula is C16H24FNO. The number of benzene rings is 1. The van der Waals surface area contributed by atoms with Gasteiger partial charge in [-0.25, -0.2) is 4.39 Å². The predicted molar refractivity (Wildman–Crippen MR) is 75.7 cm³/mol. The normalized spacial score (nSPS) is 19.5. The minimum absolute atomic E-state index is 0.0817. The van der Waals surface area contributed by atoms with Crippen molar-refractivity contribution >= 4 is 0 Å². The van der Waals surface area contributed by atoms with Crippen LogP contribution in [0, 0.1) is 11.7 Å². The van der Waals surface area contributed by atoms with E-state index in [9.17, 15) is 9.50 Å². The van der Waals surface area contributed by atoms with Gasteiger partial charge in [0.05, 0.1) is 0 Å². The molecule has 3 heteroatoms. The summed E-state index contributed by atoms with van der Waals surface area (Å²) in [5.74, 6) is 0.764. The summed E-state index contributed by atoms with van der Waals surface area (Å²) in [5.41, 5.74) is 0.703. The van der Waals surface area contributed by atoms with Gasteiger partial charge < -0.3 is 5.11 Å². The molecule has 1 saturated heterocycles. The van der Waals surface area contributed by atoms with Crippen LogP contribution in [0.4, 0.5) is 4.39 Å². The summed E-state index contributed by atoms with van der Waals surface area (Å²) in [7, 11) is 0. The molecule has 2 nitrogen and oxygen atoms in total. The molecule has 2 rings (SSSR count). The molecule has 0 spiro atoms. The molecule has 0 radical (unpaired) electrons. The quantitative estimate of drug-likeness (QED) is 0.885. The zero-order chi connectivity index (χ0) is 13.8. The molecule has 19 heavy (non-hydrogen) atoms. The highest BCUT2D eigenvalue weighted by atomic mass is 19.1. The first kappa shape index (κ1) is 14.3. The second kappa shape index (κ2) is 6.38. The maximum atomic E-state index is 13.3. The van der Waals surface area contributed by atoms with E-state index < -0.39 is 0 Å². The monoisotopic (exact) mass is 265 g/mol. The molecule has 1 aliphatic rings. The minimum Gasteiger partial charge on any atom is -0.508 e. The molecule has 1 aromatic rings. The molecule has 106 valence electrons. The summed E-state index contributed by atoms with van der Waals surface area (Å²) in [6, 6.07) is 4.29. The van der Waals surface area contributed by atoms with Gasteiger partial charge in [-0.15, -0.1) is 0 Å². The highest BCUT2D eigenvalue weighted by Crippen LogP contribution is 2.32. The molecule has 1 atom stereocenters. The lowest BCUT2D eigenvalue weighted by atomic mass is 9.91. The Hall–Kier alpha value is -1.09. The Labute approximate surface area is 115 Å². The van der Waals surface area contributed by atoms with E-state index >= 15 is 0 Å². The standard InChI is InChI=1S/C16H24FNO/c1-3-4-13-7-9-18(10-8-13)12(2)15-11-14(17)5-6-16(15)19/h5-6,11-13,19H,3-4,7-10H2,1-2H3. The van der Waals surface area contributed by atoms with Crippen LogP contribution in [0.1, 0.15) is 51.1 Å². The van der Waals surface area contributed by atoms with E-state index in [4.69, 9.17) is 0 Å². The number of hydrogen-bond donors (Lipinski definition) is 1. The van der Waals surface area contributed by atoms with Crippen molar-refractivity contribution < 1.29 is 9.50 Å². The van der Waals surface area contributed by atoms with Crippen LogP contribution in [-0.2, 0) is 0 Å². The average molecular weight is 265 g/mol. The Balaban J connectivity index is 2.01. The molecular weight excluding hydrogens is 241 g/mol. The fourth-order valence-corrected chi connectivity index (χ4v) is 3.09. The van der Waals surface area contributed by atoms with Gasteiger partial charge in [0.1, 0.15) is 11.6 Å². The summed E-state index contributed by atoms with van der Waals surface area (Å²) in [5, 5.41) is 9.88. The van der Waals surface area contributed by atoms with Gasteiger partial charge in [0.2, 0.25) is 0 Å². The average Bonchev–Trinajstić information content (AvgIpc) is 2.42. The molecule has 1 aromatic carbocycles. The van der Waals surface area contributed by atoms with E-state index in [0.29, 0.717) is 5.56 Å². The van der Waals surface area contributed by atoms with E-state index in [1.165, 1.54) is 43.9 Å². The van der Waals surface area contributed by atoms with Crippen molar-refractivity contribution in [3.8, 4) is 5.75 Å². The van der Waals surface area contributed by atoms with Gasteiger partial charge in [-0.05, 0) is 57.0 Å². The Kier molecular flexibility index (Phi) is 4.81. The number of rotatable bonds is 4. The molecule has 1 N–H and O–H groups in total. The van der Waals surface area contributed by atoms with Crippen LogP contribution in [0.5, 0.6) is 5.75 Å². The number of nitrogens with zero attached hydrogens (tertiary/aromatic N) is 1. The van der Waals surface area contributed by atoms with Crippen molar-refractivity contribution in [2.45, 2.75) is 45.6 Å². The van der Waals surface area contributed by atoms with E-state index in [0.717, 1.165) is 19.0 Å². The molecule has 0 aromatic heterocycles. The van der Waals surface area contributed by atoms with Crippen molar-refractivity contribution in [3.63, 3.8) is 0 Å². The zero-order valence-electron chi connectivity index (χ0n) is 11.9. The number of likely N-dealkylation sites (tertiary alicyclic amines) is 1. The first-order chi connectivity index (χ1) is 9.11. The Morgan fingerprint density at radius 3 is 2.68 bits per heavy atom. The predicted octanol–water partition coefficient (Wildman–Crippen LogP) is 4.10. The highest BCUT2D eigenvalue weighted by molar-refractivity contribution is 5.35. The van der Waals surface area contributed by atoms with E-state index in [1.54, 1.807) is 0 Å². The van der Waals surface area contributed by atoms with Crippen LogP contribution >= 0.6 is 0 Å². The van der Waals surface area contributed by atoms with Gasteiger partial charge in [0.25, 0.3) is 0 Å². The van der Waals surface area contributed by atoms with Crippen molar-refractivity contribution in [3.05, 3.63) is 29.6 Å². The SMILES string of the molecule is CCCC1CCN(C(C)c2cc(F)ccc2O)CC1. The van der Waals surface area contributed by atoms with E-state index in [-0.39, 0.29) is 17.6 Å². The van der Waals surface area contributed by atoms with Crippen LogP contribution in [0.2, 0.25) is 0 Å². The van der Waals surface area contributed by atoms with Crippen molar-refractivity contribution in [2.24, 2.45) is 5.92 Å². The second-order valence-corrected chi connectivity index (χ2v) is 5.65. The highest BCUT2D eigenvalue weighted by Gasteiger charge is 2.24. The van der Waals surface area contributed by atoms with Crippen LogP contribution < -0.4 is 0 Å². The van der Waals surface area contributed by atoms with Gasteiger partial charge in [0, 0.05) is 11.6 Å². The lowest BCUT2D eigenvalue weighted by molar-refractivity contribution is 0.135. The number of hydrogen-bond acceptors (Lipinski definition) is 2. The van der Waals surface area contributed by atoms with Gasteiger partial charge >= 0.3 is 0 Å². The topological polar surface area (TPSA) is 23.5 Å². The first-order valence-corrected chi connectivity index (χ1v) is 7.34. The van der Waals surface area contributed by atoms with Crippen LogP contribution in [0.15, 0.2) is 18.2 Å². The maximum absolute atomic E-state index is 13.3. The number of piperidine rings is 1. The fourth-order valence-electron chi connectivity index (χ4n) is 3.09. The largest absolute Gasteiger partial charge is 0.508 e. The molecule has 1 fully saturated rings. The molecule has 0 bridgehead atoms. The minimum atomic E-state index is -0.277. The fraction of sp³-hybridized carbons (Fsp3) is 0.625. The Morgan fingerprint density at radius 1 is 1.37 bits per heavy atom. The van der Waals surface area contributed by atoms with E-state index in [2.05, 4.69) is 18.7 Å². The number of halogens is 1. The number of aromatic hydroxyl groups is 1. The maximum Gasteiger partial charge on any atom is 0.123 e. The number of phenols is 1. The van der Waals surface area contributed by atoms with Crippen LogP contribution in [0.25, 0.3) is 0 Å². The van der Waals surface area contributed by atoms with Gasteiger partial charge in [-0.3, -0.25) is 4.90 Å². The molecule has 1 heterocycles. The molecule has 1 aliphatic heterocycles. The van der Waals surface area contributed by atoms with E-state index in [1.807, 2.05) is 0 Å². The summed E-state index contributed by atoms with van der Waals surface area (Å²) < 4.78 is 13.3. The molecule has 0 amide bonds. The van der Waals surface area contributed by atoms with Crippen molar-refractivity contribution in [2.75, 3.05) is 13.1 Å². The Bertz CT molecular complexity index is 413. The first-order valence-electron chi connectivity index (χ1n) is 7.34. The number of phenolic OH excluding ortho intramolecular Hbond substituents is 1. The van der Waals surface area contributed by atoms with Crippen LogP contribution in [0.3, 0.4) is 0 Å². The van der Waals surface area contributed by atoms with Gasteiger partial charge in [0.15, 0.2) is 0 Å². The van der Waals surface area contributed by atoms with Gasteiger partial charge in [-0.2, -0.15) is 0 Å². The lowest BCUT2D eigenvalue weighted by Crippen LogP contribution is -2.35. The third-order valence-corrected chi connectivity index (χ3v) is 4.33. The molecule has 0 aliphatic carbocycles. The van der Waals surface area contributed by atoms with Crippen molar-refractivity contribution in [1.82, 2.24) is 4.90 Å². The third-order valence-electron chi connectivity index (χ3n) is 4.33. The smallest absolute Gasteiger partial charge is 0.123 e. The lowest BCUT2D eigenvalue weighted by Gasteiger charge is -2.36. The van der Waals surface area contributed by atoms with Crippen molar-refractivity contribution in [1.29, 1.82) is 0 Å². The van der Waals surface area contributed by atoms with Gasteiger partial charge in [-0.1, -0.05) is 19.8 Å². The van der Waals surface area contributed by atoms with Crippen LogP contribution in [-0.4, -0.2) is 23.1 Å². The molecule has 1 unspecified atom stereocenters. The summed E-state index contributed by atoms with van der Waals surface area (Å²) >= 11 is 0. The summed E-state index contributed by atoms with van der Waals surface area (Å²) in [4.78, 5) is 2.35. The third kappa shape index (κ3) is 3.47. The summed E-state index contributed by atoms with van der Waals surface area (Å²) in [6.45, 7) is 6.37.